The van der Waals surface area contributed by atoms with Gasteiger partial charge in [0.25, 0.3) is 0 Å². The van der Waals surface area contributed by atoms with Crippen molar-refractivity contribution in [2.45, 2.75) is 40.2 Å². The zero-order chi connectivity index (χ0) is 16.5. The Bertz CT molecular complexity index is 699. The summed E-state index contributed by atoms with van der Waals surface area (Å²) in [6, 6.07) is 5.43. The maximum atomic E-state index is 12.0. The molecule has 0 saturated heterocycles. The third-order valence-corrected chi connectivity index (χ3v) is 3.13. The molecule has 0 aliphatic heterocycles. The van der Waals surface area contributed by atoms with Crippen LogP contribution in [0.5, 0.6) is 0 Å². The molecule has 2 aromatic rings. The minimum absolute atomic E-state index is 0.245. The third kappa shape index (κ3) is 3.78. The van der Waals surface area contributed by atoms with E-state index in [0.29, 0.717) is 11.4 Å². The number of nitrogen functional groups attached to an aromatic ring is 1. The first-order valence-electron chi connectivity index (χ1n) is 6.99. The number of carbonyl (C=O) groups is 1. The molecule has 0 aliphatic carbocycles. The van der Waals surface area contributed by atoms with Gasteiger partial charge in [-0.3, -0.25) is 5.32 Å². The number of aromatic nitrogens is 1. The van der Waals surface area contributed by atoms with Crippen LogP contribution in [0.2, 0.25) is 0 Å². The number of benzene rings is 1. The van der Waals surface area contributed by atoms with Gasteiger partial charge in [0.1, 0.15) is 11.3 Å². The van der Waals surface area contributed by atoms with Crippen molar-refractivity contribution in [1.82, 2.24) is 5.16 Å². The van der Waals surface area contributed by atoms with E-state index < -0.39 is 11.7 Å². The number of anilines is 2. The number of nitrogens with zero attached hydrogens (tertiary/aromatic N) is 1. The lowest BCUT2D eigenvalue weighted by molar-refractivity contribution is 0.0636. The first-order valence-corrected chi connectivity index (χ1v) is 6.99. The molecule has 0 unspecified atom stereocenters. The van der Waals surface area contributed by atoms with E-state index in [0.717, 1.165) is 16.7 Å². The quantitative estimate of drug-likeness (QED) is 0.878. The van der Waals surface area contributed by atoms with Crippen LogP contribution in [-0.2, 0) is 4.74 Å². The Kier molecular flexibility index (Phi) is 4.12. The van der Waals surface area contributed by atoms with E-state index in [9.17, 15) is 4.79 Å². The molecule has 0 bridgehead atoms. The third-order valence-electron chi connectivity index (χ3n) is 3.13. The summed E-state index contributed by atoms with van der Waals surface area (Å²) in [5.74, 6) is 0.245. The van der Waals surface area contributed by atoms with E-state index >= 15 is 0 Å². The van der Waals surface area contributed by atoms with Crippen LogP contribution >= 0.6 is 0 Å². The van der Waals surface area contributed by atoms with Crippen LogP contribution in [0.1, 0.15) is 31.9 Å². The number of amides is 1. The monoisotopic (exact) mass is 303 g/mol. The Hall–Kier alpha value is -2.50. The minimum Gasteiger partial charge on any atom is -0.444 e. The summed E-state index contributed by atoms with van der Waals surface area (Å²) in [6.07, 6.45) is -0.494. The number of nitrogens with two attached hydrogens (primary N) is 1. The summed E-state index contributed by atoms with van der Waals surface area (Å²) in [7, 11) is 0. The highest BCUT2D eigenvalue weighted by Gasteiger charge is 2.18. The molecule has 118 valence electrons. The van der Waals surface area contributed by atoms with E-state index in [4.69, 9.17) is 15.0 Å². The summed E-state index contributed by atoms with van der Waals surface area (Å²) in [5, 5.41) is 6.67. The van der Waals surface area contributed by atoms with Gasteiger partial charge < -0.3 is 15.0 Å². The molecule has 22 heavy (non-hydrogen) atoms. The van der Waals surface area contributed by atoms with Crippen LogP contribution in [0.3, 0.4) is 0 Å². The van der Waals surface area contributed by atoms with Gasteiger partial charge in [-0.25, -0.2) is 4.79 Å². The molecule has 0 aliphatic rings. The van der Waals surface area contributed by atoms with Crippen molar-refractivity contribution < 1.29 is 14.1 Å². The molecule has 1 heterocycles. The fourth-order valence-electron chi connectivity index (χ4n) is 1.98. The van der Waals surface area contributed by atoms with Gasteiger partial charge in [-0.15, -0.1) is 0 Å². The molecule has 1 aromatic heterocycles. The van der Waals surface area contributed by atoms with Crippen molar-refractivity contribution in [3.05, 3.63) is 29.3 Å². The largest absolute Gasteiger partial charge is 0.444 e. The van der Waals surface area contributed by atoms with Gasteiger partial charge >= 0.3 is 6.09 Å². The van der Waals surface area contributed by atoms with Gasteiger partial charge in [0.05, 0.1) is 0 Å². The van der Waals surface area contributed by atoms with Gasteiger partial charge in [-0.1, -0.05) is 5.16 Å². The zero-order valence-corrected chi connectivity index (χ0v) is 13.5. The summed E-state index contributed by atoms with van der Waals surface area (Å²) >= 11 is 0. The Labute approximate surface area is 129 Å². The van der Waals surface area contributed by atoms with Crippen LogP contribution < -0.4 is 11.1 Å². The summed E-state index contributed by atoms with van der Waals surface area (Å²) in [6.45, 7) is 9.35. The lowest BCUT2D eigenvalue weighted by Crippen LogP contribution is -2.27. The smallest absolute Gasteiger partial charge is 0.412 e. The molecular formula is C16H21N3O3. The number of ether oxygens (including phenoxy) is 1. The van der Waals surface area contributed by atoms with Crippen molar-refractivity contribution in [3.8, 4) is 11.3 Å². The molecule has 0 spiro atoms. The summed E-state index contributed by atoms with van der Waals surface area (Å²) in [5.41, 5.74) is 9.09. The number of carbonyl (C=O) groups excluding carboxylic acids is 1. The molecule has 6 nitrogen and oxygen atoms in total. The molecule has 0 radical (unpaired) electrons. The summed E-state index contributed by atoms with van der Waals surface area (Å²) in [4.78, 5) is 12.0. The first-order chi connectivity index (χ1) is 10.2. The fraction of sp³-hybridized carbons (Fsp3) is 0.375. The molecule has 0 saturated carbocycles. The van der Waals surface area contributed by atoms with E-state index in [1.165, 1.54) is 0 Å². The number of nitrogens with one attached hydrogen (secondary N) is 1. The molecule has 0 atom stereocenters. The maximum absolute atomic E-state index is 12.0. The minimum atomic E-state index is -0.550. The van der Waals surface area contributed by atoms with Gasteiger partial charge in [-0.2, -0.15) is 0 Å². The Morgan fingerprint density at radius 3 is 2.50 bits per heavy atom. The van der Waals surface area contributed by atoms with Crippen molar-refractivity contribution >= 4 is 17.7 Å². The zero-order valence-electron chi connectivity index (χ0n) is 13.5. The second kappa shape index (κ2) is 5.71. The van der Waals surface area contributed by atoms with E-state index in [2.05, 4.69) is 10.5 Å². The molecule has 1 aromatic carbocycles. The topological polar surface area (TPSA) is 90.4 Å². The van der Waals surface area contributed by atoms with Crippen LogP contribution in [0, 0.1) is 13.8 Å². The molecule has 1 amide bonds. The van der Waals surface area contributed by atoms with E-state index in [1.807, 2.05) is 46.8 Å². The normalized spacial score (nSPS) is 11.3. The highest BCUT2D eigenvalue weighted by molar-refractivity contribution is 5.87. The Morgan fingerprint density at radius 2 is 1.95 bits per heavy atom. The van der Waals surface area contributed by atoms with Crippen LogP contribution in [-0.4, -0.2) is 16.9 Å². The Morgan fingerprint density at radius 1 is 1.27 bits per heavy atom. The Balaban J connectivity index is 2.31. The molecule has 0 fully saturated rings. The highest BCUT2D eigenvalue weighted by Crippen LogP contribution is 2.29. The average Bonchev–Trinajstić information content (AvgIpc) is 2.79. The molecule has 3 N–H and O–H groups in total. The van der Waals surface area contributed by atoms with Crippen LogP contribution in [0.15, 0.2) is 22.7 Å². The maximum Gasteiger partial charge on any atom is 0.412 e. The second-order valence-corrected chi connectivity index (χ2v) is 6.21. The molecule has 6 heteroatoms. The predicted octanol–water partition coefficient (Wildman–Crippen LogP) is 3.89. The number of hydrogen-bond acceptors (Lipinski definition) is 5. The number of aryl methyl sites for hydroxylation is 1. The van der Waals surface area contributed by atoms with Gasteiger partial charge in [0.15, 0.2) is 0 Å². The number of hydrogen-bond donors (Lipinski definition) is 2. The van der Waals surface area contributed by atoms with Crippen molar-refractivity contribution in [1.29, 1.82) is 0 Å². The van der Waals surface area contributed by atoms with Gasteiger partial charge in [-0.05, 0) is 57.9 Å². The lowest BCUT2D eigenvalue weighted by Gasteiger charge is -2.20. The van der Waals surface area contributed by atoms with Crippen molar-refractivity contribution in [3.63, 3.8) is 0 Å². The van der Waals surface area contributed by atoms with Crippen molar-refractivity contribution in [2.75, 3.05) is 11.1 Å². The van der Waals surface area contributed by atoms with Gasteiger partial charge in [0, 0.05) is 17.3 Å². The summed E-state index contributed by atoms with van der Waals surface area (Å²) < 4.78 is 10.2. The SMILES string of the molecule is Cc1cc(-c2cc(N)on2)cc(NC(=O)OC(C)(C)C)c1C. The standard InChI is InChI=1S/C16H21N3O3/c1-9-6-11(13-8-14(17)22-19-13)7-12(10(9)2)18-15(20)21-16(3,4)5/h6-8H,17H2,1-5H3,(H,18,20). The average molecular weight is 303 g/mol. The van der Waals surface area contributed by atoms with Crippen molar-refractivity contribution in [2.24, 2.45) is 0 Å². The fourth-order valence-corrected chi connectivity index (χ4v) is 1.98. The van der Waals surface area contributed by atoms with E-state index in [-0.39, 0.29) is 5.88 Å². The van der Waals surface area contributed by atoms with Crippen LogP contribution in [0.4, 0.5) is 16.4 Å². The first kappa shape index (κ1) is 15.9. The molecule has 2 rings (SSSR count). The highest BCUT2D eigenvalue weighted by atomic mass is 16.6. The second-order valence-electron chi connectivity index (χ2n) is 6.21. The van der Waals surface area contributed by atoms with Crippen LogP contribution in [0.25, 0.3) is 11.3 Å². The molecular weight excluding hydrogens is 282 g/mol. The van der Waals surface area contributed by atoms with E-state index in [1.54, 1.807) is 6.07 Å². The lowest BCUT2D eigenvalue weighted by atomic mass is 10.0. The number of rotatable bonds is 2. The van der Waals surface area contributed by atoms with Gasteiger partial charge in [0.2, 0.25) is 5.88 Å². The predicted molar refractivity (Wildman–Crippen MR) is 85.7 cm³/mol.